The monoisotopic (exact) mass is 325 g/mol. The summed E-state index contributed by atoms with van der Waals surface area (Å²) in [5, 5.41) is 16.1. The van der Waals surface area contributed by atoms with Crippen LogP contribution in [0.15, 0.2) is 30.5 Å². The SMILES string of the molecule is CC1(C)OC1Cn1cc(CCC(=O)c2n[nH]c3ccccc23)nn1. The van der Waals surface area contributed by atoms with Gasteiger partial charge in [-0.2, -0.15) is 5.10 Å². The van der Waals surface area contributed by atoms with Crippen LogP contribution in [0, 0.1) is 0 Å². The van der Waals surface area contributed by atoms with Gasteiger partial charge < -0.3 is 4.74 Å². The molecule has 1 saturated heterocycles. The summed E-state index contributed by atoms with van der Waals surface area (Å²) in [4.78, 5) is 12.4. The zero-order valence-electron chi connectivity index (χ0n) is 13.7. The summed E-state index contributed by atoms with van der Waals surface area (Å²) in [5.41, 5.74) is 2.11. The van der Waals surface area contributed by atoms with Gasteiger partial charge in [0.15, 0.2) is 5.78 Å². The third kappa shape index (κ3) is 2.82. The van der Waals surface area contributed by atoms with E-state index in [1.54, 1.807) is 4.68 Å². The molecule has 2 aromatic heterocycles. The van der Waals surface area contributed by atoms with Crippen molar-refractivity contribution in [2.45, 2.75) is 44.9 Å². The molecule has 0 aliphatic carbocycles. The number of aromatic amines is 1. The fourth-order valence-electron chi connectivity index (χ4n) is 2.84. The molecule has 1 unspecified atom stereocenters. The lowest BCUT2D eigenvalue weighted by molar-refractivity contribution is 0.0979. The molecule has 1 aromatic carbocycles. The Morgan fingerprint density at radius 2 is 2.17 bits per heavy atom. The van der Waals surface area contributed by atoms with Crippen molar-refractivity contribution in [3.05, 3.63) is 41.9 Å². The van der Waals surface area contributed by atoms with Gasteiger partial charge in [0.25, 0.3) is 0 Å². The molecule has 4 rings (SSSR count). The van der Waals surface area contributed by atoms with Crippen LogP contribution in [0.2, 0.25) is 0 Å². The number of carbonyl (C=O) groups is 1. The molecule has 1 N–H and O–H groups in total. The quantitative estimate of drug-likeness (QED) is 0.554. The smallest absolute Gasteiger partial charge is 0.184 e. The van der Waals surface area contributed by atoms with E-state index < -0.39 is 0 Å². The number of benzene rings is 1. The predicted octanol–water partition coefficient (Wildman–Crippen LogP) is 2.15. The van der Waals surface area contributed by atoms with Crippen molar-refractivity contribution >= 4 is 16.7 Å². The van der Waals surface area contributed by atoms with E-state index in [4.69, 9.17) is 4.74 Å². The second-order valence-electron chi connectivity index (χ2n) is 6.68. The van der Waals surface area contributed by atoms with Gasteiger partial charge in [-0.15, -0.1) is 5.10 Å². The molecule has 1 atom stereocenters. The summed E-state index contributed by atoms with van der Waals surface area (Å²) in [7, 11) is 0. The van der Waals surface area contributed by atoms with Gasteiger partial charge in [-0.25, -0.2) is 4.68 Å². The maximum atomic E-state index is 12.4. The molecule has 24 heavy (non-hydrogen) atoms. The highest BCUT2D eigenvalue weighted by Gasteiger charge is 2.47. The molecule has 1 aliphatic rings. The molecule has 0 bridgehead atoms. The van der Waals surface area contributed by atoms with E-state index in [9.17, 15) is 4.79 Å². The van der Waals surface area contributed by atoms with Crippen LogP contribution in [-0.4, -0.2) is 42.7 Å². The van der Waals surface area contributed by atoms with Crippen LogP contribution in [0.3, 0.4) is 0 Å². The minimum atomic E-state index is -0.0664. The van der Waals surface area contributed by atoms with Crippen LogP contribution in [0.5, 0.6) is 0 Å². The van der Waals surface area contributed by atoms with E-state index in [1.165, 1.54) is 0 Å². The Labute approximate surface area is 139 Å². The van der Waals surface area contributed by atoms with Crippen LogP contribution in [0.4, 0.5) is 0 Å². The van der Waals surface area contributed by atoms with Crippen molar-refractivity contribution in [1.29, 1.82) is 0 Å². The summed E-state index contributed by atoms with van der Waals surface area (Å²) >= 11 is 0. The fraction of sp³-hybridized carbons (Fsp3) is 0.412. The molecule has 0 spiro atoms. The zero-order valence-corrected chi connectivity index (χ0v) is 13.7. The number of fused-ring (bicyclic) bond motifs is 1. The van der Waals surface area contributed by atoms with Gasteiger partial charge in [0.2, 0.25) is 0 Å². The molecule has 124 valence electrons. The van der Waals surface area contributed by atoms with Crippen molar-refractivity contribution < 1.29 is 9.53 Å². The first kappa shape index (κ1) is 15.0. The van der Waals surface area contributed by atoms with Crippen molar-refractivity contribution in [3.8, 4) is 0 Å². The standard InChI is InChI=1S/C17H19N5O2/c1-17(2)15(24-17)10-22-9-11(18-21-22)7-8-14(23)16-12-5-3-4-6-13(12)19-20-16/h3-6,9,15H,7-8,10H2,1-2H3,(H,19,20). The molecule has 7 heteroatoms. The molecule has 1 aliphatic heterocycles. The number of nitrogens with zero attached hydrogens (tertiary/aromatic N) is 4. The number of hydrogen-bond acceptors (Lipinski definition) is 5. The van der Waals surface area contributed by atoms with E-state index in [0.29, 0.717) is 25.1 Å². The Hall–Kier alpha value is -2.54. The third-order valence-corrected chi connectivity index (χ3v) is 4.45. The number of nitrogens with one attached hydrogen (secondary N) is 1. The van der Waals surface area contributed by atoms with E-state index in [1.807, 2.05) is 30.5 Å². The second-order valence-corrected chi connectivity index (χ2v) is 6.68. The number of para-hydroxylation sites is 1. The Balaban J connectivity index is 1.38. The first-order valence-corrected chi connectivity index (χ1v) is 8.06. The number of ether oxygens (including phenoxy) is 1. The van der Waals surface area contributed by atoms with Crippen LogP contribution < -0.4 is 0 Å². The number of carbonyl (C=O) groups excluding carboxylic acids is 1. The summed E-state index contributed by atoms with van der Waals surface area (Å²) < 4.78 is 7.33. The van der Waals surface area contributed by atoms with Crippen molar-refractivity contribution in [2.75, 3.05) is 0 Å². The average Bonchev–Trinajstić information content (AvgIpc) is 2.97. The van der Waals surface area contributed by atoms with E-state index >= 15 is 0 Å². The molecule has 0 radical (unpaired) electrons. The minimum Gasteiger partial charge on any atom is -0.365 e. The molecule has 3 aromatic rings. The lowest BCUT2D eigenvalue weighted by Crippen LogP contribution is -2.11. The molecule has 3 heterocycles. The Morgan fingerprint density at radius 1 is 1.38 bits per heavy atom. The number of aromatic nitrogens is 5. The number of Topliss-reactive ketones (excluding diaryl/α,β-unsaturated/α-hetero) is 1. The summed E-state index contributed by atoms with van der Waals surface area (Å²) in [6, 6.07) is 7.63. The van der Waals surface area contributed by atoms with Crippen LogP contribution in [0.25, 0.3) is 10.9 Å². The number of ketones is 1. The normalized spacial score (nSPS) is 18.8. The van der Waals surface area contributed by atoms with Gasteiger partial charge in [0.05, 0.1) is 23.4 Å². The maximum Gasteiger partial charge on any atom is 0.184 e. The molecule has 0 amide bonds. The zero-order chi connectivity index (χ0) is 16.7. The molecule has 0 saturated carbocycles. The van der Waals surface area contributed by atoms with E-state index in [0.717, 1.165) is 16.6 Å². The molecule has 7 nitrogen and oxygen atoms in total. The largest absolute Gasteiger partial charge is 0.365 e. The number of epoxide rings is 1. The fourth-order valence-corrected chi connectivity index (χ4v) is 2.84. The van der Waals surface area contributed by atoms with Crippen molar-refractivity contribution in [2.24, 2.45) is 0 Å². The number of aryl methyl sites for hydroxylation is 1. The third-order valence-electron chi connectivity index (χ3n) is 4.45. The Bertz CT molecular complexity index is 895. The average molecular weight is 325 g/mol. The number of H-pyrrole nitrogens is 1. The van der Waals surface area contributed by atoms with Crippen LogP contribution in [0.1, 0.15) is 36.5 Å². The van der Waals surface area contributed by atoms with E-state index in [-0.39, 0.29) is 17.5 Å². The number of hydrogen-bond donors (Lipinski definition) is 1. The highest BCUT2D eigenvalue weighted by atomic mass is 16.6. The molecular formula is C17H19N5O2. The topological polar surface area (TPSA) is 89.0 Å². The first-order valence-electron chi connectivity index (χ1n) is 8.06. The number of rotatable bonds is 6. The van der Waals surface area contributed by atoms with Gasteiger partial charge in [-0.3, -0.25) is 9.89 Å². The lowest BCUT2D eigenvalue weighted by atomic mass is 10.1. The predicted molar refractivity (Wildman–Crippen MR) is 87.7 cm³/mol. The summed E-state index contributed by atoms with van der Waals surface area (Å²) in [6.07, 6.45) is 2.98. The summed E-state index contributed by atoms with van der Waals surface area (Å²) in [6.45, 7) is 4.81. The second kappa shape index (κ2) is 5.52. The van der Waals surface area contributed by atoms with Gasteiger partial charge >= 0.3 is 0 Å². The molecular weight excluding hydrogens is 306 g/mol. The Morgan fingerprint density at radius 3 is 2.96 bits per heavy atom. The maximum absolute atomic E-state index is 12.4. The minimum absolute atomic E-state index is 0.00802. The Kier molecular flexibility index (Phi) is 3.45. The van der Waals surface area contributed by atoms with Crippen LogP contribution >= 0.6 is 0 Å². The van der Waals surface area contributed by atoms with Gasteiger partial charge in [0.1, 0.15) is 11.8 Å². The first-order chi connectivity index (χ1) is 11.5. The van der Waals surface area contributed by atoms with Gasteiger partial charge in [-0.05, 0) is 19.9 Å². The van der Waals surface area contributed by atoms with Crippen LogP contribution in [-0.2, 0) is 17.7 Å². The molecule has 1 fully saturated rings. The highest BCUT2D eigenvalue weighted by molar-refractivity contribution is 6.05. The van der Waals surface area contributed by atoms with Crippen molar-refractivity contribution in [3.63, 3.8) is 0 Å². The highest BCUT2D eigenvalue weighted by Crippen LogP contribution is 2.36. The summed E-state index contributed by atoms with van der Waals surface area (Å²) in [5.74, 6) is 0.00802. The van der Waals surface area contributed by atoms with Gasteiger partial charge in [-0.1, -0.05) is 23.4 Å². The van der Waals surface area contributed by atoms with Gasteiger partial charge in [0, 0.05) is 24.4 Å². The van der Waals surface area contributed by atoms with Crippen molar-refractivity contribution in [1.82, 2.24) is 25.2 Å². The lowest BCUT2D eigenvalue weighted by Gasteiger charge is -1.97. The van der Waals surface area contributed by atoms with E-state index in [2.05, 4.69) is 34.4 Å².